The first-order valence-electron chi connectivity index (χ1n) is 4.41. The molecule has 0 aliphatic rings. The van der Waals surface area contributed by atoms with Crippen LogP contribution in [-0.4, -0.2) is 9.55 Å². The molecule has 2 rings (SSSR count). The first-order chi connectivity index (χ1) is 6.22. The summed E-state index contributed by atoms with van der Waals surface area (Å²) in [5.41, 5.74) is 3.06. The maximum atomic E-state index is 11.4. The fourth-order valence-electron chi connectivity index (χ4n) is 1.58. The SMILES string of the molecule is CCn1c(=O)[nH]c2ccc(C)cc21. The van der Waals surface area contributed by atoms with Crippen LogP contribution in [0.5, 0.6) is 0 Å². The Morgan fingerprint density at radius 2 is 2.23 bits per heavy atom. The molecule has 0 saturated carbocycles. The minimum Gasteiger partial charge on any atom is -0.306 e. The lowest BCUT2D eigenvalue weighted by molar-refractivity contribution is 0.753. The van der Waals surface area contributed by atoms with E-state index < -0.39 is 0 Å². The number of aromatic amines is 1. The van der Waals surface area contributed by atoms with Crippen molar-refractivity contribution in [2.45, 2.75) is 20.4 Å². The van der Waals surface area contributed by atoms with Crippen LogP contribution in [0.1, 0.15) is 12.5 Å². The highest BCUT2D eigenvalue weighted by atomic mass is 16.1. The molecule has 0 saturated heterocycles. The molecule has 68 valence electrons. The van der Waals surface area contributed by atoms with E-state index in [1.165, 1.54) is 5.56 Å². The molecule has 0 spiro atoms. The van der Waals surface area contributed by atoms with Crippen molar-refractivity contribution >= 4 is 11.0 Å². The van der Waals surface area contributed by atoms with Gasteiger partial charge in [-0.15, -0.1) is 0 Å². The summed E-state index contributed by atoms with van der Waals surface area (Å²) in [5, 5.41) is 0. The topological polar surface area (TPSA) is 37.8 Å². The quantitative estimate of drug-likeness (QED) is 0.705. The summed E-state index contributed by atoms with van der Waals surface area (Å²) in [6, 6.07) is 5.97. The molecule has 3 nitrogen and oxygen atoms in total. The van der Waals surface area contributed by atoms with Crippen LogP contribution in [-0.2, 0) is 6.54 Å². The molecule has 1 heterocycles. The Hall–Kier alpha value is -1.51. The van der Waals surface area contributed by atoms with Crippen LogP contribution in [0.15, 0.2) is 23.0 Å². The second-order valence-corrected chi connectivity index (χ2v) is 3.20. The third kappa shape index (κ3) is 1.16. The average Bonchev–Trinajstić information content (AvgIpc) is 2.40. The lowest BCUT2D eigenvalue weighted by atomic mass is 10.2. The Labute approximate surface area is 76.0 Å². The van der Waals surface area contributed by atoms with Crippen LogP contribution < -0.4 is 5.69 Å². The van der Waals surface area contributed by atoms with Gasteiger partial charge in [-0.1, -0.05) is 6.07 Å². The Kier molecular flexibility index (Phi) is 1.72. The van der Waals surface area contributed by atoms with Gasteiger partial charge in [0.25, 0.3) is 0 Å². The molecule has 1 aromatic heterocycles. The number of nitrogens with one attached hydrogen (secondary N) is 1. The zero-order valence-electron chi connectivity index (χ0n) is 7.79. The van der Waals surface area contributed by atoms with Crippen molar-refractivity contribution in [2.75, 3.05) is 0 Å². The second kappa shape index (κ2) is 2.76. The Balaban J connectivity index is 2.89. The van der Waals surface area contributed by atoms with Gasteiger partial charge >= 0.3 is 5.69 Å². The Morgan fingerprint density at radius 3 is 2.92 bits per heavy atom. The third-order valence-corrected chi connectivity index (χ3v) is 2.25. The third-order valence-electron chi connectivity index (χ3n) is 2.25. The summed E-state index contributed by atoms with van der Waals surface area (Å²) in [6.45, 7) is 4.70. The van der Waals surface area contributed by atoms with Crippen molar-refractivity contribution in [2.24, 2.45) is 0 Å². The van der Waals surface area contributed by atoms with E-state index in [1.807, 2.05) is 32.0 Å². The minimum atomic E-state index is -0.0249. The number of imidazole rings is 1. The van der Waals surface area contributed by atoms with E-state index in [1.54, 1.807) is 4.57 Å². The summed E-state index contributed by atoms with van der Waals surface area (Å²) in [4.78, 5) is 14.2. The fourth-order valence-corrected chi connectivity index (χ4v) is 1.58. The summed E-state index contributed by atoms with van der Waals surface area (Å²) in [5.74, 6) is 0. The number of hydrogen-bond donors (Lipinski definition) is 1. The molecular weight excluding hydrogens is 164 g/mol. The van der Waals surface area contributed by atoms with Gasteiger partial charge in [-0.2, -0.15) is 0 Å². The maximum absolute atomic E-state index is 11.4. The van der Waals surface area contributed by atoms with Crippen molar-refractivity contribution in [3.05, 3.63) is 34.2 Å². The van der Waals surface area contributed by atoms with Crippen LogP contribution in [0.3, 0.4) is 0 Å². The van der Waals surface area contributed by atoms with Crippen molar-refractivity contribution in [1.29, 1.82) is 0 Å². The predicted octanol–water partition coefficient (Wildman–Crippen LogP) is 1.66. The van der Waals surface area contributed by atoms with Gasteiger partial charge in [0.05, 0.1) is 11.0 Å². The van der Waals surface area contributed by atoms with Gasteiger partial charge in [0.1, 0.15) is 0 Å². The first kappa shape index (κ1) is 8.10. The van der Waals surface area contributed by atoms with Gasteiger partial charge in [0.2, 0.25) is 0 Å². The molecule has 0 bridgehead atoms. The van der Waals surface area contributed by atoms with E-state index >= 15 is 0 Å². The first-order valence-corrected chi connectivity index (χ1v) is 4.41. The van der Waals surface area contributed by atoms with Crippen molar-refractivity contribution in [1.82, 2.24) is 9.55 Å². The standard InChI is InChI=1S/C10H12N2O/c1-3-12-9-6-7(2)4-5-8(9)11-10(12)13/h4-6H,3H2,1-2H3,(H,11,13). The van der Waals surface area contributed by atoms with Gasteiger partial charge in [-0.25, -0.2) is 4.79 Å². The lowest BCUT2D eigenvalue weighted by Crippen LogP contribution is -2.14. The van der Waals surface area contributed by atoms with E-state index in [9.17, 15) is 4.79 Å². The van der Waals surface area contributed by atoms with Crippen LogP contribution in [0.25, 0.3) is 11.0 Å². The van der Waals surface area contributed by atoms with E-state index in [-0.39, 0.29) is 5.69 Å². The van der Waals surface area contributed by atoms with Crippen LogP contribution >= 0.6 is 0 Å². The molecule has 0 aliphatic carbocycles. The van der Waals surface area contributed by atoms with Crippen molar-refractivity contribution < 1.29 is 0 Å². The highest BCUT2D eigenvalue weighted by molar-refractivity contribution is 5.75. The monoisotopic (exact) mass is 176 g/mol. The van der Waals surface area contributed by atoms with Gasteiger partial charge in [0, 0.05) is 6.54 Å². The number of H-pyrrole nitrogens is 1. The number of aromatic nitrogens is 2. The average molecular weight is 176 g/mol. The van der Waals surface area contributed by atoms with E-state index in [2.05, 4.69) is 4.98 Å². The molecule has 0 radical (unpaired) electrons. The summed E-state index contributed by atoms with van der Waals surface area (Å²) < 4.78 is 1.74. The van der Waals surface area contributed by atoms with Gasteiger partial charge in [-0.05, 0) is 31.5 Å². The Bertz CT molecular complexity index is 493. The van der Waals surface area contributed by atoms with Crippen molar-refractivity contribution in [3.8, 4) is 0 Å². The molecule has 13 heavy (non-hydrogen) atoms. The molecule has 1 aromatic carbocycles. The highest BCUT2D eigenvalue weighted by Crippen LogP contribution is 2.11. The van der Waals surface area contributed by atoms with Crippen LogP contribution in [0, 0.1) is 6.92 Å². The molecule has 0 unspecified atom stereocenters. The fraction of sp³-hybridized carbons (Fsp3) is 0.300. The number of aryl methyl sites for hydroxylation is 2. The van der Waals surface area contributed by atoms with Crippen molar-refractivity contribution in [3.63, 3.8) is 0 Å². The number of rotatable bonds is 1. The maximum Gasteiger partial charge on any atom is 0.326 e. The van der Waals surface area contributed by atoms with E-state index in [0.717, 1.165) is 11.0 Å². The van der Waals surface area contributed by atoms with Gasteiger partial charge in [-0.3, -0.25) is 4.57 Å². The largest absolute Gasteiger partial charge is 0.326 e. The molecule has 0 fully saturated rings. The molecule has 2 aromatic rings. The minimum absolute atomic E-state index is 0.0249. The smallest absolute Gasteiger partial charge is 0.306 e. The second-order valence-electron chi connectivity index (χ2n) is 3.20. The molecule has 0 aliphatic heterocycles. The normalized spacial score (nSPS) is 10.9. The van der Waals surface area contributed by atoms with Gasteiger partial charge in [0.15, 0.2) is 0 Å². The number of benzene rings is 1. The predicted molar refractivity (Wildman–Crippen MR) is 53.0 cm³/mol. The lowest BCUT2D eigenvalue weighted by Gasteiger charge is -1.97. The van der Waals surface area contributed by atoms with Crippen LogP contribution in [0.4, 0.5) is 0 Å². The number of hydrogen-bond acceptors (Lipinski definition) is 1. The highest BCUT2D eigenvalue weighted by Gasteiger charge is 2.03. The Morgan fingerprint density at radius 1 is 1.46 bits per heavy atom. The molecule has 0 amide bonds. The molecule has 0 atom stereocenters. The summed E-state index contributed by atoms with van der Waals surface area (Å²) >= 11 is 0. The number of fused-ring (bicyclic) bond motifs is 1. The summed E-state index contributed by atoms with van der Waals surface area (Å²) in [6.07, 6.45) is 0. The molecule has 3 heteroatoms. The van der Waals surface area contributed by atoms with Crippen LogP contribution in [0.2, 0.25) is 0 Å². The van der Waals surface area contributed by atoms with Gasteiger partial charge < -0.3 is 4.98 Å². The van der Waals surface area contributed by atoms with E-state index in [0.29, 0.717) is 6.54 Å². The number of nitrogens with zero attached hydrogens (tertiary/aromatic N) is 1. The molecular formula is C10H12N2O. The zero-order valence-corrected chi connectivity index (χ0v) is 7.79. The summed E-state index contributed by atoms with van der Waals surface area (Å²) in [7, 11) is 0. The van der Waals surface area contributed by atoms with E-state index in [4.69, 9.17) is 0 Å². The molecule has 1 N–H and O–H groups in total. The zero-order chi connectivity index (χ0) is 9.42.